The third-order valence-corrected chi connectivity index (χ3v) is 4.93. The standard InChI is InChI=1S/C14H19N3O4S/c1-21-13-4-2-12(3-5-13)10-15-16-14(18)11-17-6-8-22(19,20)9-7-17/h2-5,10H,6-9,11H2,1H3,(H,16,18)/b15-10-. The van der Waals surface area contributed by atoms with Gasteiger partial charge in [0, 0.05) is 13.1 Å². The van der Waals surface area contributed by atoms with Crippen LogP contribution in [0.4, 0.5) is 0 Å². The van der Waals surface area contributed by atoms with Crippen LogP contribution in [0.25, 0.3) is 0 Å². The Balaban J connectivity index is 1.76. The summed E-state index contributed by atoms with van der Waals surface area (Å²) in [5.74, 6) is 0.704. The van der Waals surface area contributed by atoms with Gasteiger partial charge in [0.2, 0.25) is 0 Å². The van der Waals surface area contributed by atoms with E-state index in [2.05, 4.69) is 10.5 Å². The first-order chi connectivity index (χ1) is 10.5. The molecule has 1 aromatic carbocycles. The molecule has 8 heteroatoms. The molecule has 1 fully saturated rings. The number of carbonyl (C=O) groups excluding carboxylic acids is 1. The van der Waals surface area contributed by atoms with Gasteiger partial charge in [-0.05, 0) is 29.8 Å². The molecule has 1 aromatic rings. The highest BCUT2D eigenvalue weighted by molar-refractivity contribution is 7.91. The van der Waals surface area contributed by atoms with Crippen molar-refractivity contribution in [2.75, 3.05) is 38.2 Å². The van der Waals surface area contributed by atoms with E-state index in [0.717, 1.165) is 11.3 Å². The molecule has 7 nitrogen and oxygen atoms in total. The van der Waals surface area contributed by atoms with E-state index in [4.69, 9.17) is 4.74 Å². The predicted molar refractivity (Wildman–Crippen MR) is 83.8 cm³/mol. The van der Waals surface area contributed by atoms with Crippen LogP contribution in [0.3, 0.4) is 0 Å². The average Bonchev–Trinajstić information content (AvgIpc) is 2.50. The van der Waals surface area contributed by atoms with Crippen molar-refractivity contribution in [3.05, 3.63) is 29.8 Å². The number of hydrazone groups is 1. The van der Waals surface area contributed by atoms with Crippen molar-refractivity contribution in [2.45, 2.75) is 0 Å². The first-order valence-corrected chi connectivity index (χ1v) is 8.69. The largest absolute Gasteiger partial charge is 0.497 e. The van der Waals surface area contributed by atoms with Gasteiger partial charge in [-0.15, -0.1) is 0 Å². The Bertz CT molecular complexity index is 627. The Morgan fingerprint density at radius 2 is 1.95 bits per heavy atom. The topological polar surface area (TPSA) is 88.1 Å². The van der Waals surface area contributed by atoms with Crippen LogP contribution in [-0.2, 0) is 14.6 Å². The van der Waals surface area contributed by atoms with Gasteiger partial charge in [-0.1, -0.05) is 0 Å². The second-order valence-corrected chi connectivity index (χ2v) is 7.30. The van der Waals surface area contributed by atoms with E-state index >= 15 is 0 Å². The summed E-state index contributed by atoms with van der Waals surface area (Å²) in [5.41, 5.74) is 3.27. The van der Waals surface area contributed by atoms with E-state index < -0.39 is 9.84 Å². The fraction of sp³-hybridized carbons (Fsp3) is 0.429. The van der Waals surface area contributed by atoms with Crippen molar-refractivity contribution in [3.8, 4) is 5.75 Å². The molecule has 0 unspecified atom stereocenters. The molecule has 1 aliphatic rings. The monoisotopic (exact) mass is 325 g/mol. The fourth-order valence-corrected chi connectivity index (χ4v) is 3.29. The van der Waals surface area contributed by atoms with Crippen LogP contribution in [0.15, 0.2) is 29.4 Å². The van der Waals surface area contributed by atoms with Crippen LogP contribution in [0.1, 0.15) is 5.56 Å². The lowest BCUT2D eigenvalue weighted by Crippen LogP contribution is -2.44. The smallest absolute Gasteiger partial charge is 0.254 e. The molecule has 1 heterocycles. The third kappa shape index (κ3) is 5.12. The number of rotatable bonds is 5. The number of hydrogen-bond acceptors (Lipinski definition) is 6. The molecule has 120 valence electrons. The normalized spacial score (nSPS) is 18.2. The van der Waals surface area contributed by atoms with Crippen molar-refractivity contribution in [2.24, 2.45) is 5.10 Å². The summed E-state index contributed by atoms with van der Waals surface area (Å²) in [6.45, 7) is 0.922. The molecule has 0 radical (unpaired) electrons. The SMILES string of the molecule is COc1ccc(/C=N\NC(=O)CN2CCS(=O)(=O)CC2)cc1. The predicted octanol–water partition coefficient (Wildman–Crippen LogP) is -0.124. The van der Waals surface area contributed by atoms with Gasteiger partial charge < -0.3 is 4.74 Å². The number of ether oxygens (including phenoxy) is 1. The van der Waals surface area contributed by atoms with Crippen LogP contribution < -0.4 is 10.2 Å². The lowest BCUT2D eigenvalue weighted by molar-refractivity contribution is -0.122. The number of amides is 1. The van der Waals surface area contributed by atoms with Gasteiger partial charge in [-0.25, -0.2) is 13.8 Å². The average molecular weight is 325 g/mol. The van der Waals surface area contributed by atoms with Gasteiger partial charge in [-0.2, -0.15) is 5.10 Å². The van der Waals surface area contributed by atoms with Crippen molar-refractivity contribution in [1.82, 2.24) is 10.3 Å². The molecule has 1 saturated heterocycles. The fourth-order valence-electron chi connectivity index (χ4n) is 2.02. The minimum Gasteiger partial charge on any atom is -0.497 e. The lowest BCUT2D eigenvalue weighted by atomic mass is 10.2. The summed E-state index contributed by atoms with van der Waals surface area (Å²) >= 11 is 0. The van der Waals surface area contributed by atoms with E-state index in [1.54, 1.807) is 24.1 Å². The number of methoxy groups -OCH3 is 1. The number of benzene rings is 1. The Morgan fingerprint density at radius 1 is 1.32 bits per heavy atom. The summed E-state index contributed by atoms with van der Waals surface area (Å²) in [4.78, 5) is 13.5. The molecular weight excluding hydrogens is 306 g/mol. The molecule has 2 rings (SSSR count). The maximum absolute atomic E-state index is 11.7. The quantitative estimate of drug-likeness (QED) is 0.602. The van der Waals surface area contributed by atoms with Crippen molar-refractivity contribution in [3.63, 3.8) is 0 Å². The zero-order valence-corrected chi connectivity index (χ0v) is 13.2. The minimum atomic E-state index is -2.92. The van der Waals surface area contributed by atoms with E-state index in [0.29, 0.717) is 13.1 Å². The maximum atomic E-state index is 11.7. The second kappa shape index (κ2) is 7.37. The Kier molecular flexibility index (Phi) is 5.51. The van der Waals surface area contributed by atoms with Crippen molar-refractivity contribution < 1.29 is 17.9 Å². The van der Waals surface area contributed by atoms with Crippen molar-refractivity contribution in [1.29, 1.82) is 0 Å². The van der Waals surface area contributed by atoms with Gasteiger partial charge >= 0.3 is 0 Å². The molecule has 22 heavy (non-hydrogen) atoms. The number of carbonyl (C=O) groups is 1. The number of sulfone groups is 1. The molecule has 0 saturated carbocycles. The van der Waals surface area contributed by atoms with E-state index in [1.165, 1.54) is 6.21 Å². The highest BCUT2D eigenvalue weighted by Crippen LogP contribution is 2.09. The lowest BCUT2D eigenvalue weighted by Gasteiger charge is -2.25. The highest BCUT2D eigenvalue weighted by atomic mass is 32.2. The van der Waals surface area contributed by atoms with Crippen LogP contribution in [-0.4, -0.2) is 63.7 Å². The number of nitrogens with one attached hydrogen (secondary N) is 1. The first-order valence-electron chi connectivity index (χ1n) is 6.87. The van der Waals surface area contributed by atoms with Gasteiger partial charge in [0.05, 0.1) is 31.4 Å². The molecule has 0 atom stereocenters. The first kappa shape index (κ1) is 16.4. The molecule has 0 spiro atoms. The molecule has 1 amide bonds. The van der Waals surface area contributed by atoms with Gasteiger partial charge in [0.15, 0.2) is 9.84 Å². The Morgan fingerprint density at radius 3 is 2.55 bits per heavy atom. The third-order valence-electron chi connectivity index (χ3n) is 3.32. The summed E-state index contributed by atoms with van der Waals surface area (Å²) < 4.78 is 27.6. The zero-order valence-electron chi connectivity index (χ0n) is 12.4. The maximum Gasteiger partial charge on any atom is 0.254 e. The van der Waals surface area contributed by atoms with Crippen LogP contribution >= 0.6 is 0 Å². The second-order valence-electron chi connectivity index (χ2n) is 4.99. The Labute approximate surface area is 129 Å². The summed E-state index contributed by atoms with van der Waals surface area (Å²) in [6, 6.07) is 7.25. The Hall–Kier alpha value is -1.93. The highest BCUT2D eigenvalue weighted by Gasteiger charge is 2.22. The molecular formula is C14H19N3O4S. The van der Waals surface area contributed by atoms with E-state index in [1.807, 2.05) is 12.1 Å². The van der Waals surface area contributed by atoms with Crippen LogP contribution in [0.5, 0.6) is 5.75 Å². The summed E-state index contributed by atoms with van der Waals surface area (Å²) in [5, 5.41) is 3.88. The summed E-state index contributed by atoms with van der Waals surface area (Å²) in [6.07, 6.45) is 1.54. The van der Waals surface area contributed by atoms with Gasteiger partial charge in [0.25, 0.3) is 5.91 Å². The van der Waals surface area contributed by atoms with E-state index in [9.17, 15) is 13.2 Å². The summed E-state index contributed by atoms with van der Waals surface area (Å²) in [7, 11) is -1.33. The van der Waals surface area contributed by atoms with Crippen molar-refractivity contribution >= 4 is 22.0 Å². The van der Waals surface area contributed by atoms with Gasteiger partial charge in [0.1, 0.15) is 5.75 Å². The number of hydrogen-bond donors (Lipinski definition) is 1. The van der Waals surface area contributed by atoms with Gasteiger partial charge in [-0.3, -0.25) is 9.69 Å². The minimum absolute atomic E-state index is 0.107. The molecule has 0 aliphatic carbocycles. The zero-order chi connectivity index (χ0) is 16.0. The molecule has 0 bridgehead atoms. The van der Waals surface area contributed by atoms with E-state index in [-0.39, 0.29) is 24.0 Å². The van der Waals surface area contributed by atoms with Crippen LogP contribution in [0.2, 0.25) is 0 Å². The number of nitrogens with zero attached hydrogens (tertiary/aromatic N) is 2. The molecule has 0 aromatic heterocycles. The van der Waals surface area contributed by atoms with Crippen LogP contribution in [0, 0.1) is 0 Å². The molecule has 1 N–H and O–H groups in total. The molecule has 1 aliphatic heterocycles.